The van der Waals surface area contributed by atoms with Crippen LogP contribution in [0.3, 0.4) is 0 Å². The van der Waals surface area contributed by atoms with E-state index in [1.807, 2.05) is 17.0 Å². The third kappa shape index (κ3) is 2.95. The first-order valence-corrected chi connectivity index (χ1v) is 9.03. The largest absolute Gasteiger partial charge is 0.389 e. The second kappa shape index (κ2) is 6.26. The third-order valence-electron chi connectivity index (χ3n) is 5.87. The molecule has 1 aromatic carbocycles. The summed E-state index contributed by atoms with van der Waals surface area (Å²) in [7, 11) is 0. The number of H-pyrrole nitrogens is 1. The quantitative estimate of drug-likeness (QED) is 0.869. The number of carbonyl (C=O) groups is 1. The topological polar surface area (TPSA) is 86.3 Å². The molecule has 2 heterocycles. The summed E-state index contributed by atoms with van der Waals surface area (Å²) in [5.41, 5.74) is -0.223. The zero-order chi connectivity index (χ0) is 17.4. The SMILES string of the molecule is O=C(Cc1n[nH]c(=O)c2ccccc12)N1CC[C@]2(O)CCCC[C@H]2C1. The van der Waals surface area contributed by atoms with Crippen LogP contribution < -0.4 is 5.56 Å². The van der Waals surface area contributed by atoms with Gasteiger partial charge >= 0.3 is 0 Å². The number of aromatic amines is 1. The van der Waals surface area contributed by atoms with E-state index < -0.39 is 5.60 Å². The molecule has 6 nitrogen and oxygen atoms in total. The fourth-order valence-corrected chi connectivity index (χ4v) is 4.36. The summed E-state index contributed by atoms with van der Waals surface area (Å²) in [6.45, 7) is 1.21. The number of nitrogens with one attached hydrogen (secondary N) is 1. The van der Waals surface area contributed by atoms with Crippen molar-refractivity contribution in [2.75, 3.05) is 13.1 Å². The first-order chi connectivity index (χ1) is 12.1. The van der Waals surface area contributed by atoms with Gasteiger partial charge in [-0.15, -0.1) is 0 Å². The Hall–Kier alpha value is -2.21. The highest BCUT2D eigenvalue weighted by atomic mass is 16.3. The van der Waals surface area contributed by atoms with Crippen LogP contribution in [0.15, 0.2) is 29.1 Å². The van der Waals surface area contributed by atoms with Gasteiger partial charge in [0.1, 0.15) is 0 Å². The zero-order valence-corrected chi connectivity index (χ0v) is 14.2. The number of benzene rings is 1. The lowest BCUT2D eigenvalue weighted by Crippen LogP contribution is -2.54. The van der Waals surface area contributed by atoms with E-state index in [2.05, 4.69) is 10.2 Å². The van der Waals surface area contributed by atoms with Crippen LogP contribution in [0, 0.1) is 5.92 Å². The average molecular weight is 341 g/mol. The predicted molar refractivity (Wildman–Crippen MR) is 94.2 cm³/mol. The standard InChI is InChI=1S/C19H23N3O3/c23-17(22-10-9-19(25)8-4-3-5-13(19)12-22)11-16-14-6-1-2-7-15(14)18(24)21-20-16/h1-2,6-7,13,25H,3-5,8-12H2,(H,21,24)/t13-,19+/m0/s1. The van der Waals surface area contributed by atoms with Crippen LogP contribution in [0.2, 0.25) is 0 Å². The molecule has 1 aromatic heterocycles. The Morgan fingerprint density at radius 2 is 2.08 bits per heavy atom. The molecule has 1 saturated carbocycles. The smallest absolute Gasteiger partial charge is 0.272 e. The molecule has 1 amide bonds. The van der Waals surface area contributed by atoms with Gasteiger partial charge in [0.25, 0.3) is 5.56 Å². The van der Waals surface area contributed by atoms with Gasteiger partial charge in [-0.3, -0.25) is 9.59 Å². The molecule has 132 valence electrons. The van der Waals surface area contributed by atoms with Gasteiger partial charge in [-0.1, -0.05) is 31.0 Å². The number of carbonyl (C=O) groups excluding carboxylic acids is 1. The van der Waals surface area contributed by atoms with E-state index in [9.17, 15) is 14.7 Å². The summed E-state index contributed by atoms with van der Waals surface area (Å²) in [6.07, 6.45) is 4.87. The number of hydrogen-bond acceptors (Lipinski definition) is 4. The lowest BCUT2D eigenvalue weighted by Gasteiger charge is -2.47. The first kappa shape index (κ1) is 16.3. The summed E-state index contributed by atoms with van der Waals surface area (Å²) in [6, 6.07) is 7.22. The molecule has 6 heteroatoms. The minimum atomic E-state index is -0.585. The summed E-state index contributed by atoms with van der Waals surface area (Å²) >= 11 is 0. The van der Waals surface area contributed by atoms with Crippen molar-refractivity contribution >= 4 is 16.7 Å². The van der Waals surface area contributed by atoms with Crippen LogP contribution in [0.5, 0.6) is 0 Å². The van der Waals surface area contributed by atoms with Gasteiger partial charge in [0.05, 0.1) is 23.1 Å². The van der Waals surface area contributed by atoms with Crippen molar-refractivity contribution in [3.63, 3.8) is 0 Å². The van der Waals surface area contributed by atoms with Crippen molar-refractivity contribution < 1.29 is 9.90 Å². The Labute approximate surface area is 145 Å². The van der Waals surface area contributed by atoms with Crippen LogP contribution in [0.4, 0.5) is 0 Å². The number of fused-ring (bicyclic) bond motifs is 2. The molecule has 0 bridgehead atoms. The number of nitrogens with zero attached hydrogens (tertiary/aromatic N) is 2. The van der Waals surface area contributed by atoms with Gasteiger partial charge in [-0.05, 0) is 25.3 Å². The van der Waals surface area contributed by atoms with E-state index in [0.29, 0.717) is 30.6 Å². The molecule has 1 aliphatic carbocycles. The summed E-state index contributed by atoms with van der Waals surface area (Å²) in [5, 5.41) is 18.6. The molecule has 1 aliphatic heterocycles. The van der Waals surface area contributed by atoms with Gasteiger partial charge in [0.2, 0.25) is 5.91 Å². The monoisotopic (exact) mass is 341 g/mol. The molecule has 2 aliphatic rings. The minimum absolute atomic E-state index is 0.0114. The fraction of sp³-hybridized carbons (Fsp3) is 0.526. The van der Waals surface area contributed by atoms with E-state index in [-0.39, 0.29) is 23.8 Å². The third-order valence-corrected chi connectivity index (χ3v) is 5.87. The number of hydrogen-bond donors (Lipinski definition) is 2. The highest BCUT2D eigenvalue weighted by Crippen LogP contribution is 2.39. The average Bonchev–Trinajstić information content (AvgIpc) is 2.63. The highest BCUT2D eigenvalue weighted by molar-refractivity contribution is 5.88. The second-order valence-electron chi connectivity index (χ2n) is 7.36. The number of rotatable bonds is 2. The molecule has 0 unspecified atom stereocenters. The number of aliphatic hydroxyl groups is 1. The van der Waals surface area contributed by atoms with Gasteiger partial charge in [-0.2, -0.15) is 5.10 Å². The van der Waals surface area contributed by atoms with Crippen molar-refractivity contribution in [2.24, 2.45) is 5.92 Å². The van der Waals surface area contributed by atoms with Crippen molar-refractivity contribution in [3.05, 3.63) is 40.3 Å². The second-order valence-corrected chi connectivity index (χ2v) is 7.36. The zero-order valence-electron chi connectivity index (χ0n) is 14.2. The Morgan fingerprint density at radius 1 is 1.28 bits per heavy atom. The van der Waals surface area contributed by atoms with Crippen LogP contribution in [-0.2, 0) is 11.2 Å². The first-order valence-electron chi connectivity index (χ1n) is 9.03. The van der Waals surface area contributed by atoms with Gasteiger partial charge in [0.15, 0.2) is 0 Å². The van der Waals surface area contributed by atoms with Crippen LogP contribution in [-0.4, -0.2) is 44.8 Å². The van der Waals surface area contributed by atoms with E-state index in [1.54, 1.807) is 12.1 Å². The number of aromatic nitrogens is 2. The fourth-order valence-electron chi connectivity index (χ4n) is 4.36. The molecule has 0 radical (unpaired) electrons. The molecular weight excluding hydrogens is 318 g/mol. The van der Waals surface area contributed by atoms with Crippen molar-refractivity contribution in [1.82, 2.24) is 15.1 Å². The highest BCUT2D eigenvalue weighted by Gasteiger charge is 2.43. The maximum absolute atomic E-state index is 12.8. The van der Waals surface area contributed by atoms with Crippen LogP contribution in [0.1, 0.15) is 37.8 Å². The number of piperidine rings is 1. The molecule has 25 heavy (non-hydrogen) atoms. The summed E-state index contributed by atoms with van der Waals surface area (Å²) in [4.78, 5) is 26.5. The van der Waals surface area contributed by atoms with E-state index in [4.69, 9.17) is 0 Å². The Balaban J connectivity index is 1.53. The molecule has 2 N–H and O–H groups in total. The lowest BCUT2D eigenvalue weighted by molar-refractivity contribution is -0.142. The van der Waals surface area contributed by atoms with E-state index in [1.165, 1.54) is 0 Å². The normalized spacial score (nSPS) is 26.4. The molecule has 4 rings (SSSR count). The molecule has 0 spiro atoms. The summed E-state index contributed by atoms with van der Waals surface area (Å²) < 4.78 is 0. The molecule has 2 aromatic rings. The predicted octanol–water partition coefficient (Wildman–Crippen LogP) is 1.62. The molecule has 2 atom stereocenters. The van der Waals surface area contributed by atoms with Gasteiger partial charge in [-0.25, -0.2) is 5.10 Å². The van der Waals surface area contributed by atoms with Crippen LogP contribution >= 0.6 is 0 Å². The van der Waals surface area contributed by atoms with Crippen molar-refractivity contribution in [2.45, 2.75) is 44.1 Å². The van der Waals surface area contributed by atoms with Crippen LogP contribution in [0.25, 0.3) is 10.8 Å². The molecular formula is C19H23N3O3. The maximum Gasteiger partial charge on any atom is 0.272 e. The van der Waals surface area contributed by atoms with Gasteiger partial charge < -0.3 is 10.0 Å². The Morgan fingerprint density at radius 3 is 2.92 bits per heavy atom. The van der Waals surface area contributed by atoms with Crippen molar-refractivity contribution in [1.29, 1.82) is 0 Å². The minimum Gasteiger partial charge on any atom is -0.389 e. The number of likely N-dealkylation sites (tertiary alicyclic amines) is 1. The van der Waals surface area contributed by atoms with E-state index >= 15 is 0 Å². The lowest BCUT2D eigenvalue weighted by atomic mass is 9.71. The molecule has 1 saturated heterocycles. The Bertz CT molecular complexity index is 862. The summed E-state index contributed by atoms with van der Waals surface area (Å²) in [5.74, 6) is 0.191. The van der Waals surface area contributed by atoms with Crippen molar-refractivity contribution in [3.8, 4) is 0 Å². The van der Waals surface area contributed by atoms with E-state index in [0.717, 1.165) is 31.1 Å². The Kier molecular flexibility index (Phi) is 4.07. The van der Waals surface area contributed by atoms with Gasteiger partial charge in [0, 0.05) is 24.4 Å². The molecule has 2 fully saturated rings. The number of amides is 1. The maximum atomic E-state index is 12.8.